The van der Waals surface area contributed by atoms with E-state index < -0.39 is 0 Å². The maximum atomic E-state index is 9.22. The Morgan fingerprint density at radius 3 is 2.40 bits per heavy atom. The van der Waals surface area contributed by atoms with Crippen LogP contribution < -0.4 is 5.32 Å². The number of rotatable bonds is 4. The highest BCUT2D eigenvalue weighted by atomic mass is 16.3. The highest BCUT2D eigenvalue weighted by Gasteiger charge is 2.02. The Kier molecular flexibility index (Phi) is 3.28. The Morgan fingerprint density at radius 1 is 1.00 bits per heavy atom. The third-order valence-corrected chi connectivity index (χ3v) is 2.92. The van der Waals surface area contributed by atoms with Gasteiger partial charge in [-0.2, -0.15) is 5.21 Å². The molecule has 0 atom stereocenters. The number of anilines is 1. The first-order chi connectivity index (χ1) is 9.81. The number of hydrogen-bond acceptors (Lipinski definition) is 5. The summed E-state index contributed by atoms with van der Waals surface area (Å²) in [6, 6.07) is 14.9. The number of aromatic amines is 1. The summed E-state index contributed by atoms with van der Waals surface area (Å²) in [5.74, 6) is 0.855. The number of benzene rings is 2. The van der Waals surface area contributed by atoms with Crippen LogP contribution in [0.5, 0.6) is 5.75 Å². The van der Waals surface area contributed by atoms with Gasteiger partial charge >= 0.3 is 0 Å². The van der Waals surface area contributed by atoms with E-state index in [4.69, 9.17) is 0 Å². The molecular formula is C14H13N5O. The highest BCUT2D eigenvalue weighted by Crippen LogP contribution is 2.17. The Morgan fingerprint density at radius 2 is 1.75 bits per heavy atom. The molecule has 1 heterocycles. The third kappa shape index (κ3) is 2.74. The van der Waals surface area contributed by atoms with Crippen molar-refractivity contribution in [1.82, 2.24) is 20.6 Å². The van der Waals surface area contributed by atoms with Gasteiger partial charge in [-0.25, -0.2) is 0 Å². The second-order valence-corrected chi connectivity index (χ2v) is 4.33. The van der Waals surface area contributed by atoms with Crippen LogP contribution in [0.2, 0.25) is 0 Å². The molecule has 0 saturated carbocycles. The van der Waals surface area contributed by atoms with Crippen molar-refractivity contribution >= 4 is 5.69 Å². The summed E-state index contributed by atoms with van der Waals surface area (Å²) in [6.45, 7) is 0.696. The quantitative estimate of drug-likeness (QED) is 0.674. The molecule has 0 saturated heterocycles. The van der Waals surface area contributed by atoms with Gasteiger partial charge in [0.05, 0.1) is 0 Å². The Bertz CT molecular complexity index is 662. The maximum absolute atomic E-state index is 9.22. The number of phenolic OH excluding ortho intramolecular Hbond substituents is 1. The van der Waals surface area contributed by atoms with Gasteiger partial charge in [0.25, 0.3) is 0 Å². The second-order valence-electron chi connectivity index (χ2n) is 4.33. The summed E-state index contributed by atoms with van der Waals surface area (Å²) in [6.07, 6.45) is 0. The van der Waals surface area contributed by atoms with Crippen LogP contribution in [0, 0.1) is 0 Å². The minimum atomic E-state index is 0.276. The molecule has 3 N–H and O–H groups in total. The van der Waals surface area contributed by atoms with Gasteiger partial charge in [-0.05, 0) is 47.2 Å². The van der Waals surface area contributed by atoms with Crippen LogP contribution in [0.15, 0.2) is 48.5 Å². The van der Waals surface area contributed by atoms with E-state index in [2.05, 4.69) is 25.9 Å². The fourth-order valence-corrected chi connectivity index (χ4v) is 1.84. The zero-order valence-electron chi connectivity index (χ0n) is 10.6. The molecule has 2 aromatic carbocycles. The Labute approximate surface area is 115 Å². The topological polar surface area (TPSA) is 86.7 Å². The molecule has 3 aromatic rings. The van der Waals surface area contributed by atoms with E-state index in [9.17, 15) is 5.11 Å². The van der Waals surface area contributed by atoms with E-state index in [1.54, 1.807) is 12.1 Å². The fraction of sp³-hybridized carbons (Fsp3) is 0.0714. The van der Waals surface area contributed by atoms with Crippen LogP contribution in [0.25, 0.3) is 11.4 Å². The van der Waals surface area contributed by atoms with Crippen LogP contribution in [-0.2, 0) is 6.54 Å². The van der Waals surface area contributed by atoms with E-state index in [-0.39, 0.29) is 5.75 Å². The van der Waals surface area contributed by atoms with Crippen molar-refractivity contribution in [2.75, 3.05) is 5.32 Å². The molecule has 6 nitrogen and oxygen atoms in total. The molecule has 0 radical (unpaired) electrons. The fourth-order valence-electron chi connectivity index (χ4n) is 1.84. The zero-order valence-corrected chi connectivity index (χ0v) is 10.6. The smallest absolute Gasteiger partial charge is 0.204 e. The molecular weight excluding hydrogens is 254 g/mol. The first kappa shape index (κ1) is 12.2. The number of nitrogens with one attached hydrogen (secondary N) is 2. The summed E-state index contributed by atoms with van der Waals surface area (Å²) >= 11 is 0. The van der Waals surface area contributed by atoms with Crippen LogP contribution in [0.4, 0.5) is 5.69 Å². The van der Waals surface area contributed by atoms with Gasteiger partial charge in [0, 0.05) is 17.8 Å². The summed E-state index contributed by atoms with van der Waals surface area (Å²) in [5.41, 5.74) is 3.02. The van der Waals surface area contributed by atoms with Crippen LogP contribution in [0.1, 0.15) is 5.56 Å². The van der Waals surface area contributed by atoms with Crippen LogP contribution in [0.3, 0.4) is 0 Å². The molecule has 0 aliphatic heterocycles. The molecule has 0 aliphatic rings. The number of H-pyrrole nitrogens is 1. The predicted molar refractivity (Wildman–Crippen MR) is 75.0 cm³/mol. The van der Waals surface area contributed by atoms with Crippen LogP contribution >= 0.6 is 0 Å². The molecule has 0 aliphatic carbocycles. The molecule has 0 spiro atoms. The van der Waals surface area contributed by atoms with E-state index in [0.29, 0.717) is 12.4 Å². The van der Waals surface area contributed by atoms with Crippen molar-refractivity contribution in [3.8, 4) is 17.1 Å². The molecule has 20 heavy (non-hydrogen) atoms. The zero-order chi connectivity index (χ0) is 13.8. The van der Waals surface area contributed by atoms with Crippen molar-refractivity contribution in [2.45, 2.75) is 6.54 Å². The van der Waals surface area contributed by atoms with E-state index in [1.165, 1.54) is 0 Å². The Hall–Kier alpha value is -2.89. The molecule has 0 amide bonds. The molecule has 0 unspecified atom stereocenters. The van der Waals surface area contributed by atoms with Crippen molar-refractivity contribution in [3.05, 3.63) is 54.1 Å². The lowest BCUT2D eigenvalue weighted by Gasteiger charge is -2.07. The van der Waals surface area contributed by atoms with Gasteiger partial charge in [0.2, 0.25) is 5.82 Å². The van der Waals surface area contributed by atoms with Gasteiger partial charge in [-0.3, -0.25) is 0 Å². The molecule has 0 bridgehead atoms. The van der Waals surface area contributed by atoms with E-state index in [0.717, 1.165) is 16.8 Å². The first-order valence-electron chi connectivity index (χ1n) is 6.17. The molecule has 6 heteroatoms. The highest BCUT2D eigenvalue weighted by molar-refractivity contribution is 5.59. The lowest BCUT2D eigenvalue weighted by atomic mass is 10.2. The minimum Gasteiger partial charge on any atom is -0.508 e. The second kappa shape index (κ2) is 5.40. The molecule has 1 aromatic heterocycles. The van der Waals surface area contributed by atoms with E-state index in [1.807, 2.05) is 36.4 Å². The van der Waals surface area contributed by atoms with Gasteiger partial charge in [0.1, 0.15) is 5.75 Å². The molecule has 3 rings (SSSR count). The lowest BCUT2D eigenvalue weighted by Crippen LogP contribution is -1.98. The standard InChI is InChI=1S/C14H13N5O/c20-13-7-1-10(2-8-13)9-15-12-5-3-11(4-6-12)14-16-18-19-17-14/h1-8,15,20H,9H2,(H,16,17,18,19). The normalized spacial score (nSPS) is 10.4. The average molecular weight is 267 g/mol. The number of phenols is 1. The largest absolute Gasteiger partial charge is 0.508 e. The summed E-state index contributed by atoms with van der Waals surface area (Å²) in [7, 11) is 0. The number of aromatic hydroxyl groups is 1. The maximum Gasteiger partial charge on any atom is 0.204 e. The van der Waals surface area contributed by atoms with Gasteiger partial charge in [-0.15, -0.1) is 10.2 Å². The summed E-state index contributed by atoms with van der Waals surface area (Å²) < 4.78 is 0. The summed E-state index contributed by atoms with van der Waals surface area (Å²) in [4.78, 5) is 0. The number of tetrazole rings is 1. The number of nitrogens with zero attached hydrogens (tertiary/aromatic N) is 3. The van der Waals surface area contributed by atoms with Gasteiger partial charge in [0.15, 0.2) is 0 Å². The number of hydrogen-bond donors (Lipinski definition) is 3. The monoisotopic (exact) mass is 267 g/mol. The van der Waals surface area contributed by atoms with Gasteiger partial charge < -0.3 is 10.4 Å². The molecule has 100 valence electrons. The lowest BCUT2D eigenvalue weighted by molar-refractivity contribution is 0.475. The SMILES string of the molecule is Oc1ccc(CNc2ccc(-c3nn[nH]n3)cc2)cc1. The van der Waals surface area contributed by atoms with Crippen LogP contribution in [-0.4, -0.2) is 25.7 Å². The first-order valence-corrected chi connectivity index (χ1v) is 6.17. The van der Waals surface area contributed by atoms with Crippen molar-refractivity contribution in [1.29, 1.82) is 0 Å². The molecule has 0 fully saturated rings. The predicted octanol–water partition coefficient (Wildman–Crippen LogP) is 2.18. The number of aromatic nitrogens is 4. The van der Waals surface area contributed by atoms with Crippen molar-refractivity contribution in [3.63, 3.8) is 0 Å². The Balaban J connectivity index is 1.65. The average Bonchev–Trinajstić information content (AvgIpc) is 3.01. The third-order valence-electron chi connectivity index (χ3n) is 2.92. The van der Waals surface area contributed by atoms with E-state index >= 15 is 0 Å². The van der Waals surface area contributed by atoms with Crippen molar-refractivity contribution in [2.24, 2.45) is 0 Å². The summed E-state index contributed by atoms with van der Waals surface area (Å²) in [5, 5.41) is 26.3. The minimum absolute atomic E-state index is 0.276. The van der Waals surface area contributed by atoms with Gasteiger partial charge in [-0.1, -0.05) is 12.1 Å². The van der Waals surface area contributed by atoms with Crippen molar-refractivity contribution < 1.29 is 5.11 Å².